The van der Waals surface area contributed by atoms with Gasteiger partial charge in [-0.15, -0.1) is 0 Å². The fourth-order valence-electron chi connectivity index (χ4n) is 1.73. The highest BCUT2D eigenvalue weighted by atomic mass is 79.9. The van der Waals surface area contributed by atoms with E-state index in [1.165, 1.54) is 0 Å². The fourth-order valence-corrected chi connectivity index (χ4v) is 1.94. The van der Waals surface area contributed by atoms with E-state index >= 15 is 0 Å². The molecular weight excluding hydrogens is 320 g/mol. The van der Waals surface area contributed by atoms with Gasteiger partial charge in [0.15, 0.2) is 0 Å². The van der Waals surface area contributed by atoms with Crippen molar-refractivity contribution < 1.29 is 9.53 Å². The number of halogens is 1. The minimum Gasteiger partial charge on any atom is -0.493 e. The first kappa shape index (κ1) is 14.5. The third kappa shape index (κ3) is 3.36. The number of carbonyl (C=O) groups excluding carboxylic acids is 1. The number of benzene rings is 1. The van der Waals surface area contributed by atoms with Crippen molar-refractivity contribution in [2.75, 3.05) is 11.9 Å². The first-order valence-corrected chi connectivity index (χ1v) is 7.06. The summed E-state index contributed by atoms with van der Waals surface area (Å²) >= 11 is 3.38. The highest BCUT2D eigenvalue weighted by Crippen LogP contribution is 2.21. The number of hydrogen-bond donors (Lipinski definition) is 1. The number of carbonyl (C=O) groups is 1. The molecule has 0 fully saturated rings. The zero-order valence-electron chi connectivity index (χ0n) is 11.3. The van der Waals surface area contributed by atoms with Gasteiger partial charge in [0, 0.05) is 10.7 Å². The van der Waals surface area contributed by atoms with Crippen molar-refractivity contribution in [2.45, 2.75) is 13.8 Å². The number of nitrogens with one attached hydrogen (secondary N) is 1. The maximum Gasteiger partial charge on any atom is 0.260 e. The van der Waals surface area contributed by atoms with Crippen molar-refractivity contribution in [2.24, 2.45) is 0 Å². The Balaban J connectivity index is 2.21. The Morgan fingerprint density at radius 3 is 2.85 bits per heavy atom. The lowest BCUT2D eigenvalue weighted by atomic mass is 10.2. The summed E-state index contributed by atoms with van der Waals surface area (Å²) in [5, 5.41) is 2.77. The van der Waals surface area contributed by atoms with Crippen molar-refractivity contribution in [1.82, 2.24) is 4.98 Å². The van der Waals surface area contributed by atoms with E-state index in [9.17, 15) is 4.79 Å². The number of rotatable bonds is 4. The van der Waals surface area contributed by atoms with Gasteiger partial charge in [-0.1, -0.05) is 12.1 Å². The fraction of sp³-hybridized carbons (Fsp3) is 0.200. The number of amides is 1. The van der Waals surface area contributed by atoms with E-state index in [2.05, 4.69) is 26.2 Å². The van der Waals surface area contributed by atoms with Crippen molar-refractivity contribution in [3.8, 4) is 5.75 Å². The van der Waals surface area contributed by atoms with E-state index in [1.807, 2.05) is 26.0 Å². The van der Waals surface area contributed by atoms with Gasteiger partial charge in [-0.2, -0.15) is 0 Å². The number of aryl methyl sites for hydroxylation is 1. The smallest absolute Gasteiger partial charge is 0.260 e. The molecule has 2 aromatic rings. The second kappa shape index (κ2) is 6.52. The summed E-state index contributed by atoms with van der Waals surface area (Å²) in [6.45, 7) is 4.34. The number of hydrogen-bond acceptors (Lipinski definition) is 3. The number of anilines is 1. The first-order chi connectivity index (χ1) is 9.61. The van der Waals surface area contributed by atoms with E-state index in [4.69, 9.17) is 4.74 Å². The highest BCUT2D eigenvalue weighted by molar-refractivity contribution is 9.10. The Hall–Kier alpha value is -1.88. The number of para-hydroxylation sites is 1. The Morgan fingerprint density at radius 1 is 1.40 bits per heavy atom. The molecule has 0 unspecified atom stereocenters. The highest BCUT2D eigenvalue weighted by Gasteiger charge is 2.12. The lowest BCUT2D eigenvalue weighted by Gasteiger charge is -2.10. The van der Waals surface area contributed by atoms with Crippen molar-refractivity contribution >= 4 is 27.7 Å². The molecule has 4 nitrogen and oxygen atoms in total. The average Bonchev–Trinajstić information content (AvgIpc) is 2.44. The summed E-state index contributed by atoms with van der Waals surface area (Å²) < 4.78 is 6.36. The summed E-state index contributed by atoms with van der Waals surface area (Å²) in [5.41, 5.74) is 1.50. The molecule has 0 aliphatic heterocycles. The molecule has 104 valence electrons. The van der Waals surface area contributed by atoms with E-state index in [0.717, 1.165) is 10.0 Å². The van der Waals surface area contributed by atoms with Crippen LogP contribution in [0.4, 0.5) is 5.82 Å². The van der Waals surface area contributed by atoms with Crippen molar-refractivity contribution in [3.05, 3.63) is 52.1 Å². The van der Waals surface area contributed by atoms with Gasteiger partial charge < -0.3 is 10.1 Å². The summed E-state index contributed by atoms with van der Waals surface area (Å²) in [5.74, 6) is 0.853. The molecule has 5 heteroatoms. The monoisotopic (exact) mass is 334 g/mol. The molecule has 0 aliphatic carbocycles. The van der Waals surface area contributed by atoms with Crippen LogP contribution in [0.25, 0.3) is 0 Å². The Labute approximate surface area is 126 Å². The van der Waals surface area contributed by atoms with Crippen LogP contribution in [0, 0.1) is 6.92 Å². The molecule has 1 aromatic carbocycles. The second-order valence-corrected chi connectivity index (χ2v) is 5.06. The van der Waals surface area contributed by atoms with E-state index in [0.29, 0.717) is 23.7 Å². The Bertz CT molecular complexity index is 629. The van der Waals surface area contributed by atoms with Gasteiger partial charge in [-0.25, -0.2) is 4.98 Å². The molecule has 0 radical (unpaired) electrons. The van der Waals surface area contributed by atoms with Crippen molar-refractivity contribution in [1.29, 1.82) is 0 Å². The number of nitrogens with zero attached hydrogens (tertiary/aromatic N) is 1. The minimum absolute atomic E-state index is 0.233. The summed E-state index contributed by atoms with van der Waals surface area (Å²) in [4.78, 5) is 16.4. The number of aromatic nitrogens is 1. The third-order valence-electron chi connectivity index (χ3n) is 2.72. The average molecular weight is 335 g/mol. The molecule has 0 aliphatic rings. The third-order valence-corrected chi connectivity index (χ3v) is 3.55. The maximum atomic E-state index is 12.3. The largest absolute Gasteiger partial charge is 0.493 e. The van der Waals surface area contributed by atoms with E-state index < -0.39 is 0 Å². The summed E-state index contributed by atoms with van der Waals surface area (Å²) in [7, 11) is 0. The molecule has 0 spiro atoms. The van der Waals surface area contributed by atoms with Gasteiger partial charge in [-0.3, -0.25) is 4.79 Å². The van der Waals surface area contributed by atoms with Crippen LogP contribution < -0.4 is 10.1 Å². The van der Waals surface area contributed by atoms with E-state index in [-0.39, 0.29) is 5.91 Å². The van der Waals surface area contributed by atoms with Gasteiger partial charge in [0.05, 0.1) is 12.2 Å². The topological polar surface area (TPSA) is 51.2 Å². The number of pyridine rings is 1. The van der Waals surface area contributed by atoms with Crippen LogP contribution in [0.3, 0.4) is 0 Å². The van der Waals surface area contributed by atoms with Gasteiger partial charge in [0.25, 0.3) is 5.91 Å². The van der Waals surface area contributed by atoms with Gasteiger partial charge in [0.2, 0.25) is 0 Å². The lowest BCUT2D eigenvalue weighted by molar-refractivity contribution is 0.102. The molecule has 0 atom stereocenters. The quantitative estimate of drug-likeness (QED) is 0.925. The molecule has 1 heterocycles. The molecule has 1 amide bonds. The maximum absolute atomic E-state index is 12.3. The lowest BCUT2D eigenvalue weighted by Crippen LogP contribution is -2.14. The predicted octanol–water partition coefficient (Wildman–Crippen LogP) is 3.80. The van der Waals surface area contributed by atoms with Crippen LogP contribution in [0.1, 0.15) is 22.8 Å². The Kier molecular flexibility index (Phi) is 4.74. The van der Waals surface area contributed by atoms with Crippen LogP contribution in [0.2, 0.25) is 0 Å². The van der Waals surface area contributed by atoms with Crippen LogP contribution in [0.15, 0.2) is 41.0 Å². The Morgan fingerprint density at radius 2 is 2.15 bits per heavy atom. The van der Waals surface area contributed by atoms with Crippen LogP contribution in [-0.2, 0) is 0 Å². The van der Waals surface area contributed by atoms with Gasteiger partial charge in [-0.05, 0) is 53.5 Å². The molecule has 1 N–H and O–H groups in total. The van der Waals surface area contributed by atoms with E-state index in [1.54, 1.807) is 24.4 Å². The molecule has 0 bridgehead atoms. The molecule has 0 saturated heterocycles. The van der Waals surface area contributed by atoms with Crippen molar-refractivity contribution in [3.63, 3.8) is 0 Å². The second-order valence-electron chi connectivity index (χ2n) is 4.20. The zero-order valence-corrected chi connectivity index (χ0v) is 12.9. The molecule has 20 heavy (non-hydrogen) atoms. The predicted molar refractivity (Wildman–Crippen MR) is 82.2 cm³/mol. The zero-order chi connectivity index (χ0) is 14.5. The summed E-state index contributed by atoms with van der Waals surface area (Å²) in [6.07, 6.45) is 1.67. The number of ether oxygens (including phenoxy) is 1. The normalized spacial score (nSPS) is 10.2. The van der Waals surface area contributed by atoms with Gasteiger partial charge in [0.1, 0.15) is 11.6 Å². The van der Waals surface area contributed by atoms with Crippen LogP contribution in [0.5, 0.6) is 5.75 Å². The minimum atomic E-state index is -0.233. The van der Waals surface area contributed by atoms with Crippen LogP contribution in [-0.4, -0.2) is 17.5 Å². The standard InChI is InChI=1S/C15H15BrN2O2/c1-3-20-13-7-5-4-6-11(13)15(19)18-14-8-10(2)12(16)9-17-14/h4-9H,3H2,1-2H3,(H,17,18,19). The SMILES string of the molecule is CCOc1ccccc1C(=O)Nc1cc(C)c(Br)cn1. The summed E-state index contributed by atoms with van der Waals surface area (Å²) in [6, 6.07) is 8.96. The molecular formula is C15H15BrN2O2. The van der Waals surface area contributed by atoms with Gasteiger partial charge >= 0.3 is 0 Å². The first-order valence-electron chi connectivity index (χ1n) is 6.27. The van der Waals surface area contributed by atoms with Crippen LogP contribution >= 0.6 is 15.9 Å². The molecule has 0 saturated carbocycles. The molecule has 1 aromatic heterocycles. The molecule has 2 rings (SSSR count).